The van der Waals surface area contributed by atoms with E-state index < -0.39 is 5.41 Å². The molecule has 39 heavy (non-hydrogen) atoms. The monoisotopic (exact) mass is 522 g/mol. The molecule has 2 aliphatic rings. The van der Waals surface area contributed by atoms with E-state index in [9.17, 15) is 9.90 Å². The van der Waals surface area contributed by atoms with Crippen LogP contribution in [0.25, 0.3) is 21.9 Å². The number of amides is 1. The Balaban J connectivity index is 1.11. The predicted octanol–water partition coefficient (Wildman–Crippen LogP) is 6.04. The standard InChI is InChI=1S/C33H38N4O2/c1-2-18-35-32(39)33(29-14-6-5-12-27(29)28-13-9-19-34-30(28)33)17-7-8-20-36-21-15-25(16-22-36)37-23-24-10-3-4-11-26(24)31(37)38/h3-6,9-14,19,23,25,38H,2,7-8,15-18,20-22H2,1H3,(H,35,39). The summed E-state index contributed by atoms with van der Waals surface area (Å²) in [5.41, 5.74) is 3.48. The lowest BCUT2D eigenvalue weighted by atomic mass is 9.75. The highest BCUT2D eigenvalue weighted by molar-refractivity contribution is 5.99. The molecule has 3 heterocycles. The van der Waals surface area contributed by atoms with Crippen LogP contribution in [0.3, 0.4) is 0 Å². The van der Waals surface area contributed by atoms with Crippen molar-refractivity contribution in [2.24, 2.45) is 0 Å². The van der Waals surface area contributed by atoms with Gasteiger partial charge in [-0.05, 0) is 61.9 Å². The Labute approximate surface area is 230 Å². The highest BCUT2D eigenvalue weighted by Gasteiger charge is 2.49. The molecule has 6 nitrogen and oxygen atoms in total. The fraction of sp³-hybridized carbons (Fsp3) is 0.394. The molecule has 6 heteroatoms. The maximum atomic E-state index is 13.8. The molecule has 1 aliphatic heterocycles. The van der Waals surface area contributed by atoms with Gasteiger partial charge in [0.15, 0.2) is 5.88 Å². The number of aromatic nitrogens is 2. The molecule has 1 fully saturated rings. The summed E-state index contributed by atoms with van der Waals surface area (Å²) in [7, 11) is 0. The topological polar surface area (TPSA) is 70.4 Å². The third-order valence-corrected chi connectivity index (χ3v) is 8.76. The summed E-state index contributed by atoms with van der Waals surface area (Å²) in [6.45, 7) is 5.83. The summed E-state index contributed by atoms with van der Waals surface area (Å²) in [6.07, 6.45) is 9.63. The second-order valence-corrected chi connectivity index (χ2v) is 11.1. The molecule has 2 N–H and O–H groups in total. The van der Waals surface area contributed by atoms with E-state index >= 15 is 0 Å². The summed E-state index contributed by atoms with van der Waals surface area (Å²) in [5, 5.41) is 16.0. The van der Waals surface area contributed by atoms with Gasteiger partial charge in [0.05, 0.1) is 5.69 Å². The molecule has 1 aliphatic carbocycles. The number of aromatic hydroxyl groups is 1. The van der Waals surface area contributed by atoms with Crippen LogP contribution >= 0.6 is 0 Å². The van der Waals surface area contributed by atoms with E-state index in [0.29, 0.717) is 18.5 Å². The molecule has 2 aromatic heterocycles. The van der Waals surface area contributed by atoms with Crippen molar-refractivity contribution >= 4 is 16.7 Å². The summed E-state index contributed by atoms with van der Waals surface area (Å²) >= 11 is 0. The molecule has 1 atom stereocenters. The number of carbonyl (C=O) groups excluding carboxylic acids is 1. The number of benzene rings is 2. The molecule has 1 saturated heterocycles. The van der Waals surface area contributed by atoms with Crippen molar-refractivity contribution in [3.63, 3.8) is 0 Å². The third-order valence-electron chi connectivity index (χ3n) is 8.76. The van der Waals surface area contributed by atoms with E-state index in [1.54, 1.807) is 0 Å². The lowest BCUT2D eigenvalue weighted by Crippen LogP contribution is -2.45. The van der Waals surface area contributed by atoms with Crippen LogP contribution < -0.4 is 5.32 Å². The van der Waals surface area contributed by atoms with E-state index in [1.165, 1.54) is 0 Å². The number of nitrogens with one attached hydrogen (secondary N) is 1. The van der Waals surface area contributed by atoms with Crippen molar-refractivity contribution in [2.45, 2.75) is 56.9 Å². The minimum atomic E-state index is -0.733. The Morgan fingerprint density at radius 1 is 1.03 bits per heavy atom. The Morgan fingerprint density at radius 3 is 2.62 bits per heavy atom. The zero-order valence-corrected chi connectivity index (χ0v) is 22.8. The third kappa shape index (κ3) is 4.51. The molecule has 0 saturated carbocycles. The second kappa shape index (κ2) is 10.9. The van der Waals surface area contributed by atoms with Gasteiger partial charge in [0.1, 0.15) is 5.41 Å². The minimum absolute atomic E-state index is 0.0778. The van der Waals surface area contributed by atoms with Gasteiger partial charge in [-0.1, -0.05) is 61.9 Å². The van der Waals surface area contributed by atoms with E-state index in [-0.39, 0.29) is 5.91 Å². The number of carbonyl (C=O) groups is 1. The SMILES string of the molecule is CCCNC(=O)C1(CCCCN2CCC(n3cc4ccccc4c3O)CC2)c2ccccc2-c2cccnc21. The van der Waals surface area contributed by atoms with Gasteiger partial charge >= 0.3 is 0 Å². The molecule has 2 aromatic carbocycles. The Kier molecular flexibility index (Phi) is 7.13. The number of hydrogen-bond acceptors (Lipinski definition) is 4. The number of nitrogens with zero attached hydrogens (tertiary/aromatic N) is 3. The number of unbranched alkanes of at least 4 members (excludes halogenated alkanes) is 1. The highest BCUT2D eigenvalue weighted by atomic mass is 16.3. The average Bonchev–Trinajstić information content (AvgIpc) is 3.47. The molecule has 0 bridgehead atoms. The molecular formula is C33H38N4O2. The van der Waals surface area contributed by atoms with Crippen LogP contribution in [-0.4, -0.2) is 51.6 Å². The molecule has 6 rings (SSSR count). The van der Waals surface area contributed by atoms with Crippen molar-refractivity contribution in [1.82, 2.24) is 19.8 Å². The molecule has 0 radical (unpaired) electrons. The fourth-order valence-corrected chi connectivity index (χ4v) is 6.75. The predicted molar refractivity (Wildman–Crippen MR) is 156 cm³/mol. The van der Waals surface area contributed by atoms with Gasteiger partial charge in [-0.2, -0.15) is 0 Å². The van der Waals surface area contributed by atoms with Crippen LogP contribution in [-0.2, 0) is 10.2 Å². The van der Waals surface area contributed by atoms with E-state index in [2.05, 4.69) is 58.2 Å². The lowest BCUT2D eigenvalue weighted by Gasteiger charge is -2.33. The summed E-state index contributed by atoms with van der Waals surface area (Å²) in [5.74, 6) is 0.468. The number of hydrogen-bond donors (Lipinski definition) is 2. The van der Waals surface area contributed by atoms with Crippen LogP contribution in [0.15, 0.2) is 73.1 Å². The van der Waals surface area contributed by atoms with Gasteiger partial charge in [0.25, 0.3) is 0 Å². The van der Waals surface area contributed by atoms with Crippen LogP contribution in [0.2, 0.25) is 0 Å². The van der Waals surface area contributed by atoms with Crippen LogP contribution in [0.1, 0.15) is 62.7 Å². The molecule has 1 amide bonds. The average molecular weight is 523 g/mol. The second-order valence-electron chi connectivity index (χ2n) is 11.1. The first kappa shape index (κ1) is 25.6. The maximum Gasteiger partial charge on any atom is 0.236 e. The first-order valence-corrected chi connectivity index (χ1v) is 14.5. The quantitative estimate of drug-likeness (QED) is 0.263. The van der Waals surface area contributed by atoms with Gasteiger partial charge in [-0.3, -0.25) is 9.78 Å². The van der Waals surface area contributed by atoms with E-state index in [0.717, 1.165) is 91.3 Å². The van der Waals surface area contributed by atoms with Gasteiger partial charge in [-0.15, -0.1) is 0 Å². The Bertz CT molecular complexity index is 1420. The number of rotatable bonds is 9. The van der Waals surface area contributed by atoms with Gasteiger partial charge in [0.2, 0.25) is 5.91 Å². The Hall–Kier alpha value is -3.64. The number of pyridine rings is 1. The summed E-state index contributed by atoms with van der Waals surface area (Å²) in [6, 6.07) is 20.8. The van der Waals surface area contributed by atoms with Gasteiger partial charge in [-0.25, -0.2) is 0 Å². The Morgan fingerprint density at radius 2 is 1.79 bits per heavy atom. The van der Waals surface area contributed by atoms with Crippen molar-refractivity contribution in [3.05, 3.63) is 84.3 Å². The van der Waals surface area contributed by atoms with Gasteiger partial charge in [0, 0.05) is 54.4 Å². The lowest BCUT2D eigenvalue weighted by molar-refractivity contribution is -0.125. The van der Waals surface area contributed by atoms with Crippen molar-refractivity contribution in [3.8, 4) is 17.0 Å². The highest BCUT2D eigenvalue weighted by Crippen LogP contribution is 2.50. The fourth-order valence-electron chi connectivity index (χ4n) is 6.75. The first-order chi connectivity index (χ1) is 19.1. The minimum Gasteiger partial charge on any atom is -0.494 e. The molecule has 4 aromatic rings. The van der Waals surface area contributed by atoms with Crippen molar-refractivity contribution < 1.29 is 9.90 Å². The number of fused-ring (bicyclic) bond motifs is 4. The van der Waals surface area contributed by atoms with E-state index in [1.807, 2.05) is 36.5 Å². The largest absolute Gasteiger partial charge is 0.494 e. The first-order valence-electron chi connectivity index (χ1n) is 14.5. The molecule has 1 unspecified atom stereocenters. The number of likely N-dealkylation sites (tertiary alicyclic amines) is 1. The maximum absolute atomic E-state index is 13.8. The summed E-state index contributed by atoms with van der Waals surface area (Å²) < 4.78 is 2.07. The van der Waals surface area contributed by atoms with Crippen LogP contribution in [0, 0.1) is 0 Å². The normalized spacial score (nSPS) is 19.2. The van der Waals surface area contributed by atoms with E-state index in [4.69, 9.17) is 4.98 Å². The number of piperidine rings is 1. The van der Waals surface area contributed by atoms with Gasteiger partial charge < -0.3 is 19.9 Å². The molecule has 202 valence electrons. The van der Waals surface area contributed by atoms with Crippen LogP contribution in [0.5, 0.6) is 5.88 Å². The van der Waals surface area contributed by atoms with Crippen LogP contribution in [0.4, 0.5) is 0 Å². The smallest absolute Gasteiger partial charge is 0.236 e. The summed E-state index contributed by atoms with van der Waals surface area (Å²) in [4.78, 5) is 21.2. The zero-order valence-electron chi connectivity index (χ0n) is 22.8. The van der Waals surface area contributed by atoms with Crippen molar-refractivity contribution in [1.29, 1.82) is 0 Å². The zero-order chi connectivity index (χ0) is 26.8. The van der Waals surface area contributed by atoms with Crippen molar-refractivity contribution in [2.75, 3.05) is 26.2 Å². The molecule has 0 spiro atoms. The molecular weight excluding hydrogens is 484 g/mol.